The van der Waals surface area contributed by atoms with Crippen molar-refractivity contribution in [2.24, 2.45) is 7.05 Å². The molecule has 90 valence electrons. The fourth-order valence-electron chi connectivity index (χ4n) is 1.54. The quantitative estimate of drug-likeness (QED) is 0.582. The van der Waals surface area contributed by atoms with E-state index in [4.69, 9.17) is 4.74 Å². The lowest BCUT2D eigenvalue weighted by molar-refractivity contribution is 0.0766. The van der Waals surface area contributed by atoms with Crippen molar-refractivity contribution in [3.8, 4) is 0 Å². The van der Waals surface area contributed by atoms with E-state index >= 15 is 0 Å². The Kier molecular flexibility index (Phi) is 4.12. The van der Waals surface area contributed by atoms with Crippen molar-refractivity contribution in [3.05, 3.63) is 46.4 Å². The number of aromatic nitrogens is 1. The smallest absolute Gasteiger partial charge is 0.189 e. The Morgan fingerprint density at radius 2 is 2.35 bits per heavy atom. The van der Waals surface area contributed by atoms with E-state index in [2.05, 4.69) is 6.07 Å². The SMILES string of the molecule is Cn1ccc(C(=O)COCCc2cccs2)c1. The van der Waals surface area contributed by atoms with E-state index in [-0.39, 0.29) is 12.4 Å². The van der Waals surface area contributed by atoms with Crippen LogP contribution in [0.15, 0.2) is 36.0 Å². The van der Waals surface area contributed by atoms with Crippen LogP contribution in [0.4, 0.5) is 0 Å². The average Bonchev–Trinajstić information content (AvgIpc) is 2.95. The van der Waals surface area contributed by atoms with Crippen molar-refractivity contribution in [2.45, 2.75) is 6.42 Å². The van der Waals surface area contributed by atoms with Crippen LogP contribution < -0.4 is 0 Å². The van der Waals surface area contributed by atoms with E-state index in [1.54, 1.807) is 11.3 Å². The van der Waals surface area contributed by atoms with Gasteiger partial charge in [-0.05, 0) is 17.5 Å². The second kappa shape index (κ2) is 5.80. The van der Waals surface area contributed by atoms with Crippen molar-refractivity contribution in [1.82, 2.24) is 4.57 Å². The normalized spacial score (nSPS) is 10.6. The predicted molar refractivity (Wildman–Crippen MR) is 68.6 cm³/mol. The molecule has 17 heavy (non-hydrogen) atoms. The summed E-state index contributed by atoms with van der Waals surface area (Å²) in [5, 5.41) is 2.05. The van der Waals surface area contributed by atoms with Gasteiger partial charge in [0.2, 0.25) is 0 Å². The van der Waals surface area contributed by atoms with Gasteiger partial charge in [-0.1, -0.05) is 6.07 Å². The van der Waals surface area contributed by atoms with Crippen LogP contribution in [0.3, 0.4) is 0 Å². The van der Waals surface area contributed by atoms with Crippen molar-refractivity contribution in [3.63, 3.8) is 0 Å². The van der Waals surface area contributed by atoms with Crippen molar-refractivity contribution >= 4 is 17.1 Å². The molecule has 0 N–H and O–H groups in total. The van der Waals surface area contributed by atoms with E-state index < -0.39 is 0 Å². The van der Waals surface area contributed by atoms with Gasteiger partial charge in [-0.25, -0.2) is 0 Å². The maximum absolute atomic E-state index is 11.7. The Hall–Kier alpha value is -1.39. The molecule has 4 heteroatoms. The number of hydrogen-bond donors (Lipinski definition) is 0. The van der Waals surface area contributed by atoms with Gasteiger partial charge in [0.25, 0.3) is 0 Å². The molecule has 2 heterocycles. The molecule has 0 saturated heterocycles. The monoisotopic (exact) mass is 249 g/mol. The lowest BCUT2D eigenvalue weighted by atomic mass is 10.2. The maximum Gasteiger partial charge on any atom is 0.189 e. The third-order valence-electron chi connectivity index (χ3n) is 2.46. The molecule has 0 saturated carbocycles. The number of hydrogen-bond acceptors (Lipinski definition) is 3. The molecule has 0 bridgehead atoms. The second-order valence-corrected chi connectivity index (χ2v) is 4.90. The van der Waals surface area contributed by atoms with Crippen LogP contribution in [0, 0.1) is 0 Å². The Bertz CT molecular complexity index is 473. The van der Waals surface area contributed by atoms with E-state index in [0.717, 1.165) is 6.42 Å². The molecule has 2 rings (SSSR count). The molecule has 0 fully saturated rings. The van der Waals surface area contributed by atoms with Crippen LogP contribution in [-0.2, 0) is 18.2 Å². The highest BCUT2D eigenvalue weighted by atomic mass is 32.1. The Morgan fingerprint density at radius 1 is 1.47 bits per heavy atom. The third-order valence-corrected chi connectivity index (χ3v) is 3.40. The summed E-state index contributed by atoms with van der Waals surface area (Å²) in [5.41, 5.74) is 0.712. The summed E-state index contributed by atoms with van der Waals surface area (Å²) in [6.45, 7) is 0.758. The van der Waals surface area contributed by atoms with Crippen LogP contribution in [0.1, 0.15) is 15.2 Å². The van der Waals surface area contributed by atoms with E-state index in [9.17, 15) is 4.79 Å². The highest BCUT2D eigenvalue weighted by Crippen LogP contribution is 2.09. The number of rotatable bonds is 6. The number of ether oxygens (including phenoxy) is 1. The number of ketones is 1. The van der Waals surface area contributed by atoms with E-state index in [0.29, 0.717) is 12.2 Å². The standard InChI is InChI=1S/C13H15NO2S/c1-14-6-4-11(9-14)13(15)10-16-7-5-12-3-2-8-17-12/h2-4,6,8-9H,5,7,10H2,1H3. The highest BCUT2D eigenvalue weighted by Gasteiger charge is 2.06. The fourth-order valence-corrected chi connectivity index (χ4v) is 2.23. The molecule has 0 aromatic carbocycles. The van der Waals surface area contributed by atoms with Gasteiger partial charge in [0, 0.05) is 36.3 Å². The average molecular weight is 249 g/mol. The molecule has 0 atom stereocenters. The summed E-state index contributed by atoms with van der Waals surface area (Å²) in [4.78, 5) is 13.0. The van der Waals surface area contributed by atoms with Crippen molar-refractivity contribution in [1.29, 1.82) is 0 Å². The topological polar surface area (TPSA) is 31.2 Å². The van der Waals surface area contributed by atoms with Crippen molar-refractivity contribution in [2.75, 3.05) is 13.2 Å². The first-order chi connectivity index (χ1) is 8.25. The van der Waals surface area contributed by atoms with Gasteiger partial charge in [0.1, 0.15) is 6.61 Å². The molecule has 2 aromatic rings. The summed E-state index contributed by atoms with van der Waals surface area (Å²) >= 11 is 1.71. The molecule has 0 radical (unpaired) electrons. The van der Waals surface area contributed by atoms with Gasteiger partial charge in [0.05, 0.1) is 6.61 Å². The van der Waals surface area contributed by atoms with E-state index in [1.807, 2.05) is 41.5 Å². The number of nitrogens with zero attached hydrogens (tertiary/aromatic N) is 1. The lowest BCUT2D eigenvalue weighted by Crippen LogP contribution is -2.10. The Labute approximate surface area is 105 Å². The number of carbonyl (C=O) groups is 1. The predicted octanol–water partition coefficient (Wildman–Crippen LogP) is 2.53. The van der Waals surface area contributed by atoms with Gasteiger partial charge in [0.15, 0.2) is 5.78 Å². The first kappa shape index (κ1) is 12.1. The van der Waals surface area contributed by atoms with Gasteiger partial charge in [-0.2, -0.15) is 0 Å². The summed E-state index contributed by atoms with van der Waals surface area (Å²) in [5.74, 6) is 0.0387. The van der Waals surface area contributed by atoms with Crippen LogP contribution >= 0.6 is 11.3 Å². The maximum atomic E-state index is 11.7. The molecule has 0 aliphatic rings. The van der Waals surface area contributed by atoms with Crippen LogP contribution in [0.2, 0.25) is 0 Å². The molecule has 0 amide bonds. The Morgan fingerprint density at radius 3 is 3.00 bits per heavy atom. The second-order valence-electron chi connectivity index (χ2n) is 3.87. The number of carbonyl (C=O) groups excluding carboxylic acids is 1. The third kappa shape index (κ3) is 3.54. The number of aryl methyl sites for hydroxylation is 1. The number of Topliss-reactive ketones (excluding diaryl/α,β-unsaturated/α-hetero) is 1. The lowest BCUT2D eigenvalue weighted by Gasteiger charge is -2.01. The van der Waals surface area contributed by atoms with Gasteiger partial charge < -0.3 is 9.30 Å². The molecule has 0 aliphatic carbocycles. The Balaban J connectivity index is 1.70. The largest absolute Gasteiger partial charge is 0.373 e. The molecule has 0 aliphatic heterocycles. The summed E-state index contributed by atoms with van der Waals surface area (Å²) in [7, 11) is 1.90. The minimum atomic E-state index is 0.0387. The highest BCUT2D eigenvalue weighted by molar-refractivity contribution is 7.09. The first-order valence-electron chi connectivity index (χ1n) is 5.51. The molecule has 0 spiro atoms. The molecule has 2 aromatic heterocycles. The zero-order chi connectivity index (χ0) is 12.1. The number of thiophene rings is 1. The van der Waals surface area contributed by atoms with Gasteiger partial charge >= 0.3 is 0 Å². The summed E-state index contributed by atoms with van der Waals surface area (Å²) in [6.07, 6.45) is 4.55. The zero-order valence-electron chi connectivity index (χ0n) is 9.76. The van der Waals surface area contributed by atoms with Crippen LogP contribution in [0.5, 0.6) is 0 Å². The van der Waals surface area contributed by atoms with Crippen molar-refractivity contribution < 1.29 is 9.53 Å². The zero-order valence-corrected chi connectivity index (χ0v) is 10.6. The molecular weight excluding hydrogens is 234 g/mol. The van der Waals surface area contributed by atoms with Gasteiger partial charge in [-0.15, -0.1) is 11.3 Å². The first-order valence-corrected chi connectivity index (χ1v) is 6.39. The van der Waals surface area contributed by atoms with Crippen LogP contribution in [0.25, 0.3) is 0 Å². The molecule has 3 nitrogen and oxygen atoms in total. The molecule has 0 unspecified atom stereocenters. The van der Waals surface area contributed by atoms with E-state index in [1.165, 1.54) is 4.88 Å². The van der Waals surface area contributed by atoms with Crippen LogP contribution in [-0.4, -0.2) is 23.6 Å². The van der Waals surface area contributed by atoms with Gasteiger partial charge in [-0.3, -0.25) is 4.79 Å². The summed E-state index contributed by atoms with van der Waals surface area (Å²) in [6, 6.07) is 5.91. The fraction of sp³-hybridized carbons (Fsp3) is 0.308. The minimum absolute atomic E-state index is 0.0387. The minimum Gasteiger partial charge on any atom is -0.373 e. The summed E-state index contributed by atoms with van der Waals surface area (Å²) < 4.78 is 7.24. The molecular formula is C13H15NO2S.